The van der Waals surface area contributed by atoms with Crippen LogP contribution in [0.2, 0.25) is 0 Å². The van der Waals surface area contributed by atoms with Crippen molar-refractivity contribution < 1.29 is 9.53 Å². The van der Waals surface area contributed by atoms with Gasteiger partial charge in [-0.2, -0.15) is 0 Å². The van der Waals surface area contributed by atoms with Crippen LogP contribution in [0.1, 0.15) is 58.1 Å². The predicted molar refractivity (Wildman–Crippen MR) is 96.7 cm³/mol. The first-order valence-electron chi connectivity index (χ1n) is 8.49. The van der Waals surface area contributed by atoms with E-state index in [-0.39, 0.29) is 17.6 Å². The van der Waals surface area contributed by atoms with E-state index >= 15 is 0 Å². The van der Waals surface area contributed by atoms with E-state index in [1.165, 1.54) is 23.8 Å². The molecule has 1 aromatic carbocycles. The van der Waals surface area contributed by atoms with Gasteiger partial charge in [0.2, 0.25) is 0 Å². The number of hydrogen-bond donors (Lipinski definition) is 0. The number of rotatable bonds is 5. The van der Waals surface area contributed by atoms with Gasteiger partial charge in [0.1, 0.15) is 6.04 Å². The van der Waals surface area contributed by atoms with E-state index in [1.54, 1.807) is 0 Å². The SMILES string of the molecule is CCCC[C@H](C(=O)OC)N1c2cc(C)ccc2C(C)=CC1(C)C. The summed E-state index contributed by atoms with van der Waals surface area (Å²) in [4.78, 5) is 14.8. The molecule has 1 aliphatic heterocycles. The van der Waals surface area contributed by atoms with Gasteiger partial charge < -0.3 is 9.64 Å². The molecule has 0 spiro atoms. The maximum Gasteiger partial charge on any atom is 0.328 e. The molecule has 1 aliphatic rings. The molecule has 3 heteroatoms. The number of benzene rings is 1. The average molecular weight is 315 g/mol. The molecular formula is C20H29NO2. The Morgan fingerprint density at radius 2 is 2.00 bits per heavy atom. The van der Waals surface area contributed by atoms with Crippen molar-refractivity contribution in [2.45, 2.75) is 65.5 Å². The number of allylic oxidation sites excluding steroid dienone is 1. The quantitative estimate of drug-likeness (QED) is 0.736. The Bertz CT molecular complexity index is 616. The van der Waals surface area contributed by atoms with E-state index < -0.39 is 0 Å². The van der Waals surface area contributed by atoms with E-state index in [1.807, 2.05) is 0 Å². The summed E-state index contributed by atoms with van der Waals surface area (Å²) in [5, 5.41) is 0. The summed E-state index contributed by atoms with van der Waals surface area (Å²) in [5.74, 6) is -0.146. The number of anilines is 1. The van der Waals surface area contributed by atoms with E-state index in [0.717, 1.165) is 24.9 Å². The Balaban J connectivity index is 2.57. The standard InChI is InChI=1S/C20H29NO2/c1-7-8-9-17(19(22)23-6)21-18-12-14(2)10-11-16(18)15(3)13-20(21,4)5/h10-13,17H,7-9H2,1-6H3/t17-/m1/s1. The Kier molecular flexibility index (Phi) is 5.18. The van der Waals surface area contributed by atoms with Crippen molar-refractivity contribution in [3.05, 3.63) is 35.4 Å². The second-order valence-electron chi connectivity index (χ2n) is 7.05. The van der Waals surface area contributed by atoms with Crippen molar-refractivity contribution >= 4 is 17.2 Å². The van der Waals surface area contributed by atoms with Crippen LogP contribution in [0.5, 0.6) is 0 Å². The summed E-state index contributed by atoms with van der Waals surface area (Å²) in [6.45, 7) is 10.7. The fraction of sp³-hybridized carbons (Fsp3) is 0.550. The van der Waals surface area contributed by atoms with Gasteiger partial charge in [0.05, 0.1) is 12.6 Å². The molecule has 126 valence electrons. The monoisotopic (exact) mass is 315 g/mol. The molecular weight excluding hydrogens is 286 g/mol. The molecule has 0 saturated heterocycles. The van der Waals surface area contributed by atoms with E-state index in [4.69, 9.17) is 4.74 Å². The first-order valence-corrected chi connectivity index (χ1v) is 8.49. The number of nitrogens with zero attached hydrogens (tertiary/aromatic N) is 1. The first-order chi connectivity index (χ1) is 10.8. The van der Waals surface area contributed by atoms with Gasteiger partial charge in [0.15, 0.2) is 0 Å². The topological polar surface area (TPSA) is 29.5 Å². The highest BCUT2D eigenvalue weighted by Crippen LogP contribution is 2.41. The highest BCUT2D eigenvalue weighted by molar-refractivity contribution is 5.87. The molecule has 0 N–H and O–H groups in total. The van der Waals surface area contributed by atoms with Gasteiger partial charge in [-0.25, -0.2) is 4.79 Å². The van der Waals surface area contributed by atoms with Crippen LogP contribution >= 0.6 is 0 Å². The van der Waals surface area contributed by atoms with Crippen LogP contribution < -0.4 is 4.90 Å². The van der Waals surface area contributed by atoms with E-state index in [2.05, 4.69) is 63.8 Å². The van der Waals surface area contributed by atoms with Crippen LogP contribution in [0.4, 0.5) is 5.69 Å². The molecule has 0 unspecified atom stereocenters. The minimum atomic E-state index is -0.250. The second kappa shape index (κ2) is 6.77. The number of fused-ring (bicyclic) bond motifs is 1. The molecule has 0 saturated carbocycles. The molecule has 1 heterocycles. The lowest BCUT2D eigenvalue weighted by atomic mass is 9.86. The number of esters is 1. The number of hydrogen-bond acceptors (Lipinski definition) is 3. The van der Waals surface area contributed by atoms with Gasteiger partial charge in [-0.3, -0.25) is 0 Å². The van der Waals surface area contributed by atoms with Gasteiger partial charge in [-0.05, 0) is 51.3 Å². The van der Waals surface area contributed by atoms with Crippen molar-refractivity contribution in [1.29, 1.82) is 0 Å². The van der Waals surface area contributed by atoms with Crippen LogP contribution in [-0.4, -0.2) is 24.7 Å². The molecule has 0 amide bonds. The Hall–Kier alpha value is -1.77. The number of unbranched alkanes of at least 4 members (excludes halogenated alkanes) is 1. The molecule has 3 nitrogen and oxygen atoms in total. The molecule has 0 aromatic heterocycles. The lowest BCUT2D eigenvalue weighted by molar-refractivity contribution is -0.142. The summed E-state index contributed by atoms with van der Waals surface area (Å²) >= 11 is 0. The molecule has 1 aromatic rings. The Morgan fingerprint density at radius 3 is 2.61 bits per heavy atom. The predicted octanol–water partition coefficient (Wildman–Crippen LogP) is 4.73. The van der Waals surface area contributed by atoms with Crippen molar-refractivity contribution in [2.75, 3.05) is 12.0 Å². The number of aryl methyl sites for hydroxylation is 1. The van der Waals surface area contributed by atoms with Crippen LogP contribution in [0.25, 0.3) is 5.57 Å². The van der Waals surface area contributed by atoms with E-state index in [9.17, 15) is 4.79 Å². The summed E-state index contributed by atoms with van der Waals surface area (Å²) in [5.41, 5.74) is 4.60. The summed E-state index contributed by atoms with van der Waals surface area (Å²) < 4.78 is 5.13. The highest BCUT2D eigenvalue weighted by Gasteiger charge is 2.39. The van der Waals surface area contributed by atoms with Gasteiger partial charge in [-0.15, -0.1) is 0 Å². The second-order valence-corrected chi connectivity index (χ2v) is 7.05. The van der Waals surface area contributed by atoms with Gasteiger partial charge >= 0.3 is 5.97 Å². The number of ether oxygens (including phenoxy) is 1. The van der Waals surface area contributed by atoms with Crippen LogP contribution in [0, 0.1) is 6.92 Å². The lowest BCUT2D eigenvalue weighted by Crippen LogP contribution is -2.54. The number of methoxy groups -OCH3 is 1. The van der Waals surface area contributed by atoms with Gasteiger partial charge in [0.25, 0.3) is 0 Å². The number of carbonyl (C=O) groups excluding carboxylic acids is 1. The third kappa shape index (κ3) is 3.44. The lowest BCUT2D eigenvalue weighted by Gasteiger charge is -2.47. The maximum absolute atomic E-state index is 12.5. The summed E-state index contributed by atoms with van der Waals surface area (Å²) in [6, 6.07) is 6.23. The molecule has 0 bridgehead atoms. The molecule has 23 heavy (non-hydrogen) atoms. The summed E-state index contributed by atoms with van der Waals surface area (Å²) in [7, 11) is 1.48. The van der Waals surface area contributed by atoms with Gasteiger partial charge in [-0.1, -0.05) is 38.0 Å². The average Bonchev–Trinajstić information content (AvgIpc) is 2.48. The highest BCUT2D eigenvalue weighted by atomic mass is 16.5. The normalized spacial score (nSPS) is 17.3. The van der Waals surface area contributed by atoms with Crippen molar-refractivity contribution in [1.82, 2.24) is 0 Å². The third-order valence-electron chi connectivity index (χ3n) is 4.64. The van der Waals surface area contributed by atoms with Crippen molar-refractivity contribution in [3.63, 3.8) is 0 Å². The Morgan fingerprint density at radius 1 is 1.30 bits per heavy atom. The molecule has 0 aliphatic carbocycles. The third-order valence-corrected chi connectivity index (χ3v) is 4.64. The van der Waals surface area contributed by atoms with Crippen molar-refractivity contribution in [3.8, 4) is 0 Å². The first kappa shape index (κ1) is 17.6. The fourth-order valence-electron chi connectivity index (χ4n) is 3.62. The minimum Gasteiger partial charge on any atom is -0.467 e. The smallest absolute Gasteiger partial charge is 0.328 e. The fourth-order valence-corrected chi connectivity index (χ4v) is 3.62. The summed E-state index contributed by atoms with van der Waals surface area (Å²) in [6.07, 6.45) is 5.15. The minimum absolute atomic E-state index is 0.146. The van der Waals surface area contributed by atoms with Crippen LogP contribution in [0.3, 0.4) is 0 Å². The van der Waals surface area contributed by atoms with E-state index in [0.29, 0.717) is 0 Å². The van der Waals surface area contributed by atoms with Crippen LogP contribution in [0.15, 0.2) is 24.3 Å². The maximum atomic E-state index is 12.5. The van der Waals surface area contributed by atoms with Crippen LogP contribution in [-0.2, 0) is 9.53 Å². The van der Waals surface area contributed by atoms with Gasteiger partial charge in [0, 0.05) is 11.3 Å². The zero-order chi connectivity index (χ0) is 17.2. The largest absolute Gasteiger partial charge is 0.467 e. The molecule has 1 atom stereocenters. The zero-order valence-corrected chi connectivity index (χ0v) is 15.3. The molecule has 2 rings (SSSR count). The molecule has 0 fully saturated rings. The number of carbonyl (C=O) groups is 1. The Labute approximate surface area is 140 Å². The molecule has 0 radical (unpaired) electrons. The zero-order valence-electron chi connectivity index (χ0n) is 15.3. The van der Waals surface area contributed by atoms with Crippen molar-refractivity contribution in [2.24, 2.45) is 0 Å².